The van der Waals surface area contributed by atoms with Gasteiger partial charge in [0, 0.05) is 0 Å². The number of benzene rings is 1. The molecule has 1 rings (SSSR count). The SMILES string of the molecule is CCOC(=O)C(=O)Sc1cc(OC)ccc1OC. The molecular formula is C12H14O5S. The lowest BCUT2D eigenvalue weighted by Gasteiger charge is -2.08. The molecule has 1 aromatic rings. The molecule has 0 radical (unpaired) electrons. The van der Waals surface area contributed by atoms with E-state index in [9.17, 15) is 9.59 Å². The topological polar surface area (TPSA) is 61.8 Å². The number of hydrogen-bond donors (Lipinski definition) is 0. The number of ether oxygens (including phenoxy) is 3. The molecule has 98 valence electrons. The number of carbonyl (C=O) groups excluding carboxylic acids is 2. The Morgan fingerprint density at radius 3 is 2.50 bits per heavy atom. The van der Waals surface area contributed by atoms with Crippen LogP contribution in [0.5, 0.6) is 11.5 Å². The Morgan fingerprint density at radius 2 is 1.94 bits per heavy atom. The van der Waals surface area contributed by atoms with E-state index in [1.807, 2.05) is 0 Å². The molecule has 0 aliphatic carbocycles. The van der Waals surface area contributed by atoms with E-state index in [0.717, 1.165) is 11.8 Å². The standard InChI is InChI=1S/C12H14O5S/c1-4-17-11(13)12(14)18-10-7-8(15-2)5-6-9(10)16-3/h5-7H,4H2,1-3H3. The van der Waals surface area contributed by atoms with Crippen LogP contribution < -0.4 is 9.47 Å². The molecular weight excluding hydrogens is 256 g/mol. The maximum absolute atomic E-state index is 11.6. The molecule has 0 amide bonds. The van der Waals surface area contributed by atoms with Crippen molar-refractivity contribution in [1.29, 1.82) is 0 Å². The normalized spacial score (nSPS) is 9.72. The highest BCUT2D eigenvalue weighted by Crippen LogP contribution is 2.33. The fourth-order valence-corrected chi connectivity index (χ4v) is 1.96. The van der Waals surface area contributed by atoms with Gasteiger partial charge in [-0.1, -0.05) is 0 Å². The third kappa shape index (κ3) is 3.66. The molecule has 6 heteroatoms. The average molecular weight is 270 g/mol. The van der Waals surface area contributed by atoms with Crippen molar-refractivity contribution < 1.29 is 23.8 Å². The molecule has 0 heterocycles. The fourth-order valence-electron chi connectivity index (χ4n) is 1.20. The van der Waals surface area contributed by atoms with Crippen molar-refractivity contribution in [3.63, 3.8) is 0 Å². The van der Waals surface area contributed by atoms with Crippen molar-refractivity contribution in [2.45, 2.75) is 11.8 Å². The van der Waals surface area contributed by atoms with Crippen LogP contribution >= 0.6 is 11.8 Å². The zero-order valence-electron chi connectivity index (χ0n) is 10.4. The van der Waals surface area contributed by atoms with Crippen molar-refractivity contribution >= 4 is 22.8 Å². The molecule has 0 fully saturated rings. The molecule has 0 aromatic heterocycles. The van der Waals surface area contributed by atoms with E-state index in [2.05, 4.69) is 4.74 Å². The van der Waals surface area contributed by atoms with Crippen molar-refractivity contribution in [2.75, 3.05) is 20.8 Å². The van der Waals surface area contributed by atoms with Crippen molar-refractivity contribution in [3.05, 3.63) is 18.2 Å². The fraction of sp³-hybridized carbons (Fsp3) is 0.333. The summed E-state index contributed by atoms with van der Waals surface area (Å²) in [7, 11) is 3.00. The molecule has 0 atom stereocenters. The summed E-state index contributed by atoms with van der Waals surface area (Å²) in [5.41, 5.74) is 0. The van der Waals surface area contributed by atoms with Gasteiger partial charge >= 0.3 is 11.1 Å². The lowest BCUT2D eigenvalue weighted by Crippen LogP contribution is -2.13. The summed E-state index contributed by atoms with van der Waals surface area (Å²) in [6.45, 7) is 1.81. The first kappa shape index (κ1) is 14.4. The molecule has 0 bridgehead atoms. The quantitative estimate of drug-likeness (QED) is 0.473. The van der Waals surface area contributed by atoms with Gasteiger partial charge in [-0.2, -0.15) is 0 Å². The highest BCUT2D eigenvalue weighted by molar-refractivity contribution is 8.15. The van der Waals surface area contributed by atoms with Crippen LogP contribution in [-0.4, -0.2) is 31.9 Å². The Labute approximate surface area is 109 Å². The van der Waals surface area contributed by atoms with Crippen molar-refractivity contribution in [1.82, 2.24) is 0 Å². The lowest BCUT2D eigenvalue weighted by atomic mass is 10.3. The van der Waals surface area contributed by atoms with E-state index < -0.39 is 11.1 Å². The summed E-state index contributed by atoms with van der Waals surface area (Å²) < 4.78 is 14.8. The molecule has 0 unspecified atom stereocenters. The minimum atomic E-state index is -0.868. The van der Waals surface area contributed by atoms with Gasteiger partial charge in [-0.25, -0.2) is 4.79 Å². The van der Waals surface area contributed by atoms with Crippen LogP contribution in [0.1, 0.15) is 6.92 Å². The predicted molar refractivity (Wildman–Crippen MR) is 67.0 cm³/mol. The molecule has 5 nitrogen and oxygen atoms in total. The van der Waals surface area contributed by atoms with Crippen molar-refractivity contribution in [2.24, 2.45) is 0 Å². The zero-order valence-corrected chi connectivity index (χ0v) is 11.2. The number of methoxy groups -OCH3 is 2. The Morgan fingerprint density at radius 1 is 1.22 bits per heavy atom. The molecule has 18 heavy (non-hydrogen) atoms. The average Bonchev–Trinajstić information content (AvgIpc) is 2.38. The summed E-state index contributed by atoms with van der Waals surface area (Å²) in [4.78, 5) is 23.3. The summed E-state index contributed by atoms with van der Waals surface area (Å²) in [6.07, 6.45) is 0. The van der Waals surface area contributed by atoms with Gasteiger partial charge in [0.2, 0.25) is 0 Å². The van der Waals surface area contributed by atoms with Gasteiger partial charge in [0.05, 0.1) is 25.7 Å². The second-order valence-electron chi connectivity index (χ2n) is 3.13. The van der Waals surface area contributed by atoms with E-state index >= 15 is 0 Å². The predicted octanol–water partition coefficient (Wildman–Crippen LogP) is 1.89. The largest absolute Gasteiger partial charge is 0.497 e. The minimum Gasteiger partial charge on any atom is -0.497 e. The summed E-state index contributed by atoms with van der Waals surface area (Å²) in [5, 5.41) is -0.691. The maximum atomic E-state index is 11.6. The smallest absolute Gasteiger partial charge is 0.386 e. The molecule has 0 saturated carbocycles. The maximum Gasteiger partial charge on any atom is 0.386 e. The highest BCUT2D eigenvalue weighted by Gasteiger charge is 2.19. The van der Waals surface area contributed by atoms with Crippen LogP contribution in [0.15, 0.2) is 23.1 Å². The monoisotopic (exact) mass is 270 g/mol. The molecule has 0 saturated heterocycles. The second kappa shape index (κ2) is 6.90. The van der Waals surface area contributed by atoms with Gasteiger partial charge in [-0.05, 0) is 36.9 Å². The number of rotatable bonds is 4. The Kier molecular flexibility index (Phi) is 5.51. The number of carbonyl (C=O) groups is 2. The molecule has 0 aliphatic heterocycles. The molecule has 1 aromatic carbocycles. The van der Waals surface area contributed by atoms with Gasteiger partial charge in [0.15, 0.2) is 0 Å². The van der Waals surface area contributed by atoms with E-state index in [0.29, 0.717) is 16.4 Å². The van der Waals surface area contributed by atoms with E-state index in [1.165, 1.54) is 14.2 Å². The first-order valence-corrected chi connectivity index (χ1v) is 6.05. The second-order valence-corrected chi connectivity index (χ2v) is 4.14. The van der Waals surface area contributed by atoms with Crippen LogP contribution in [-0.2, 0) is 14.3 Å². The Balaban J connectivity index is 2.88. The van der Waals surface area contributed by atoms with Gasteiger partial charge in [0.25, 0.3) is 0 Å². The van der Waals surface area contributed by atoms with Crippen LogP contribution in [0.25, 0.3) is 0 Å². The molecule has 0 spiro atoms. The minimum absolute atomic E-state index is 0.167. The first-order chi connectivity index (χ1) is 8.62. The summed E-state index contributed by atoms with van der Waals surface area (Å²) >= 11 is 0.754. The molecule has 0 aliphatic rings. The highest BCUT2D eigenvalue weighted by atomic mass is 32.2. The third-order valence-corrected chi connectivity index (χ3v) is 2.91. The number of hydrogen-bond acceptors (Lipinski definition) is 6. The lowest BCUT2D eigenvalue weighted by molar-refractivity contribution is -0.149. The van der Waals surface area contributed by atoms with Crippen LogP contribution in [0.2, 0.25) is 0 Å². The van der Waals surface area contributed by atoms with Crippen LogP contribution in [0, 0.1) is 0 Å². The van der Waals surface area contributed by atoms with Gasteiger partial charge in [-0.15, -0.1) is 0 Å². The van der Waals surface area contributed by atoms with E-state index in [4.69, 9.17) is 9.47 Å². The zero-order chi connectivity index (χ0) is 13.5. The summed E-state index contributed by atoms with van der Waals surface area (Å²) in [5.74, 6) is 0.209. The van der Waals surface area contributed by atoms with Crippen LogP contribution in [0.4, 0.5) is 0 Å². The van der Waals surface area contributed by atoms with Gasteiger partial charge < -0.3 is 14.2 Å². The number of thioether (sulfide) groups is 1. The van der Waals surface area contributed by atoms with E-state index in [1.54, 1.807) is 25.1 Å². The Hall–Kier alpha value is -1.69. The van der Waals surface area contributed by atoms with Crippen LogP contribution in [0.3, 0.4) is 0 Å². The number of esters is 1. The molecule has 0 N–H and O–H groups in total. The third-order valence-electron chi connectivity index (χ3n) is 2.02. The summed E-state index contributed by atoms with van der Waals surface area (Å²) in [6, 6.07) is 5.00. The van der Waals surface area contributed by atoms with Gasteiger partial charge in [0.1, 0.15) is 11.5 Å². The Bertz CT molecular complexity index is 444. The van der Waals surface area contributed by atoms with Gasteiger partial charge in [-0.3, -0.25) is 4.79 Å². The van der Waals surface area contributed by atoms with Crippen molar-refractivity contribution in [3.8, 4) is 11.5 Å². The first-order valence-electron chi connectivity index (χ1n) is 5.23. The van der Waals surface area contributed by atoms with E-state index in [-0.39, 0.29) is 6.61 Å².